The molecular formula is C17H36IN5O. The summed E-state index contributed by atoms with van der Waals surface area (Å²) in [5.74, 6) is 1.56. The number of piperidine rings is 1. The third-order valence-electron chi connectivity index (χ3n) is 4.68. The van der Waals surface area contributed by atoms with Crippen molar-refractivity contribution in [1.29, 1.82) is 0 Å². The van der Waals surface area contributed by atoms with Crippen LogP contribution in [-0.2, 0) is 4.74 Å². The van der Waals surface area contributed by atoms with Gasteiger partial charge >= 0.3 is 0 Å². The van der Waals surface area contributed by atoms with Crippen LogP contribution in [-0.4, -0.2) is 88.4 Å². The maximum atomic E-state index is 5.37. The molecule has 24 heavy (non-hydrogen) atoms. The fourth-order valence-electron chi connectivity index (χ4n) is 3.30. The van der Waals surface area contributed by atoms with Crippen LogP contribution in [0.3, 0.4) is 0 Å². The highest BCUT2D eigenvalue weighted by Gasteiger charge is 2.14. The highest BCUT2D eigenvalue weighted by molar-refractivity contribution is 14.0. The van der Waals surface area contributed by atoms with Crippen LogP contribution < -0.4 is 10.6 Å². The zero-order valence-electron chi connectivity index (χ0n) is 15.4. The average Bonchev–Trinajstić information content (AvgIpc) is 2.59. The van der Waals surface area contributed by atoms with Crippen LogP contribution in [0.5, 0.6) is 0 Å². The maximum Gasteiger partial charge on any atom is 0.191 e. The highest BCUT2D eigenvalue weighted by atomic mass is 127. The van der Waals surface area contributed by atoms with Crippen molar-refractivity contribution in [1.82, 2.24) is 20.4 Å². The molecule has 6 nitrogen and oxygen atoms in total. The van der Waals surface area contributed by atoms with Crippen LogP contribution in [0.2, 0.25) is 0 Å². The Morgan fingerprint density at radius 1 is 1.04 bits per heavy atom. The number of halogens is 1. The van der Waals surface area contributed by atoms with Gasteiger partial charge in [-0.1, -0.05) is 13.3 Å². The smallest absolute Gasteiger partial charge is 0.191 e. The molecule has 2 saturated heterocycles. The topological polar surface area (TPSA) is 52.1 Å². The molecule has 2 rings (SSSR count). The first-order chi connectivity index (χ1) is 11.3. The third-order valence-corrected chi connectivity index (χ3v) is 4.68. The first-order valence-electron chi connectivity index (χ1n) is 9.25. The zero-order chi connectivity index (χ0) is 16.3. The predicted molar refractivity (Wildman–Crippen MR) is 111 cm³/mol. The number of nitrogens with zero attached hydrogens (tertiary/aromatic N) is 3. The molecule has 2 aliphatic heterocycles. The lowest BCUT2D eigenvalue weighted by atomic mass is 10.1. The summed E-state index contributed by atoms with van der Waals surface area (Å²) in [4.78, 5) is 9.36. The van der Waals surface area contributed by atoms with E-state index < -0.39 is 0 Å². The Morgan fingerprint density at radius 3 is 2.42 bits per heavy atom. The summed E-state index contributed by atoms with van der Waals surface area (Å²) in [6, 6.07) is 0. The number of likely N-dealkylation sites (tertiary alicyclic amines) is 1. The molecule has 0 aromatic carbocycles. The van der Waals surface area contributed by atoms with E-state index in [9.17, 15) is 0 Å². The first-order valence-corrected chi connectivity index (χ1v) is 9.25. The Bertz CT molecular complexity index is 344. The Labute approximate surface area is 164 Å². The average molecular weight is 453 g/mol. The summed E-state index contributed by atoms with van der Waals surface area (Å²) >= 11 is 0. The van der Waals surface area contributed by atoms with Crippen molar-refractivity contribution < 1.29 is 4.74 Å². The predicted octanol–water partition coefficient (Wildman–Crippen LogP) is 1.22. The molecule has 0 aromatic rings. The molecule has 1 unspecified atom stereocenters. The van der Waals surface area contributed by atoms with Crippen molar-refractivity contribution in [2.75, 3.05) is 72.6 Å². The van der Waals surface area contributed by atoms with Crippen molar-refractivity contribution in [3.05, 3.63) is 0 Å². The van der Waals surface area contributed by atoms with Gasteiger partial charge in [-0.2, -0.15) is 0 Å². The number of hydrogen-bond acceptors (Lipinski definition) is 4. The summed E-state index contributed by atoms with van der Waals surface area (Å²) in [5.41, 5.74) is 0. The fourth-order valence-corrected chi connectivity index (χ4v) is 3.30. The van der Waals surface area contributed by atoms with Crippen LogP contribution in [0.15, 0.2) is 4.99 Å². The summed E-state index contributed by atoms with van der Waals surface area (Å²) in [6.45, 7) is 12.8. The van der Waals surface area contributed by atoms with Crippen LogP contribution in [0.25, 0.3) is 0 Å². The number of nitrogens with one attached hydrogen (secondary N) is 2. The van der Waals surface area contributed by atoms with Crippen molar-refractivity contribution in [2.24, 2.45) is 10.9 Å². The van der Waals surface area contributed by atoms with Gasteiger partial charge < -0.3 is 20.3 Å². The van der Waals surface area contributed by atoms with Gasteiger partial charge in [-0.25, -0.2) is 0 Å². The van der Waals surface area contributed by atoms with E-state index >= 15 is 0 Å². The Morgan fingerprint density at radius 2 is 1.75 bits per heavy atom. The van der Waals surface area contributed by atoms with Gasteiger partial charge in [-0.3, -0.25) is 9.89 Å². The van der Waals surface area contributed by atoms with Crippen molar-refractivity contribution in [2.45, 2.75) is 26.2 Å². The van der Waals surface area contributed by atoms with E-state index in [4.69, 9.17) is 4.74 Å². The number of morpholine rings is 1. The van der Waals surface area contributed by atoms with E-state index in [0.29, 0.717) is 5.92 Å². The van der Waals surface area contributed by atoms with Gasteiger partial charge in [0.2, 0.25) is 0 Å². The number of ether oxygens (including phenoxy) is 1. The molecule has 0 bridgehead atoms. The molecular weight excluding hydrogens is 417 g/mol. The minimum Gasteiger partial charge on any atom is -0.379 e. The number of hydrogen-bond donors (Lipinski definition) is 2. The van der Waals surface area contributed by atoms with Gasteiger partial charge in [0.25, 0.3) is 0 Å². The molecule has 2 aliphatic rings. The SMILES string of the molecule is CN=C(NCCN1CCOCC1)NCC(C)CN1CCCCC1.I. The van der Waals surface area contributed by atoms with E-state index in [1.165, 1.54) is 38.9 Å². The van der Waals surface area contributed by atoms with Crippen molar-refractivity contribution >= 4 is 29.9 Å². The molecule has 0 radical (unpaired) electrons. The Kier molecular flexibility index (Phi) is 12.0. The quantitative estimate of drug-likeness (QED) is 0.345. The lowest BCUT2D eigenvalue weighted by Crippen LogP contribution is -2.46. The molecule has 142 valence electrons. The van der Waals surface area contributed by atoms with Crippen LogP contribution >= 0.6 is 24.0 Å². The van der Waals surface area contributed by atoms with Crippen molar-refractivity contribution in [3.63, 3.8) is 0 Å². The summed E-state index contributed by atoms with van der Waals surface area (Å²) in [5, 5.41) is 6.88. The molecule has 1 atom stereocenters. The standard InChI is InChI=1S/C17H35N5O.HI/c1-16(15-22-7-4-3-5-8-22)14-20-17(18-2)19-6-9-21-10-12-23-13-11-21;/h16H,3-15H2,1-2H3,(H2,18,19,20);1H. The van der Waals surface area contributed by atoms with Gasteiger partial charge in [0.1, 0.15) is 0 Å². The maximum absolute atomic E-state index is 5.37. The third kappa shape index (κ3) is 8.82. The number of aliphatic imine (C=N–C) groups is 1. The highest BCUT2D eigenvalue weighted by Crippen LogP contribution is 2.10. The molecule has 0 aliphatic carbocycles. The molecule has 0 saturated carbocycles. The summed E-state index contributed by atoms with van der Waals surface area (Å²) in [6.07, 6.45) is 4.14. The van der Waals surface area contributed by atoms with E-state index in [2.05, 4.69) is 32.3 Å². The lowest BCUT2D eigenvalue weighted by molar-refractivity contribution is 0.0389. The Balaban J connectivity index is 0.00000288. The zero-order valence-corrected chi connectivity index (χ0v) is 17.8. The minimum atomic E-state index is 0. The molecule has 0 aromatic heterocycles. The molecule has 2 heterocycles. The largest absolute Gasteiger partial charge is 0.379 e. The van der Waals surface area contributed by atoms with Gasteiger partial charge in [0.15, 0.2) is 5.96 Å². The lowest BCUT2D eigenvalue weighted by Gasteiger charge is -2.29. The first kappa shape index (κ1) is 21.9. The molecule has 0 spiro atoms. The van der Waals surface area contributed by atoms with Gasteiger partial charge in [0.05, 0.1) is 13.2 Å². The van der Waals surface area contributed by atoms with Crippen LogP contribution in [0.1, 0.15) is 26.2 Å². The second-order valence-corrected chi connectivity index (χ2v) is 6.80. The van der Waals surface area contributed by atoms with E-state index in [1.54, 1.807) is 0 Å². The van der Waals surface area contributed by atoms with E-state index in [1.807, 2.05) is 7.05 Å². The Hall–Kier alpha value is -0.120. The molecule has 2 fully saturated rings. The van der Waals surface area contributed by atoms with Crippen LogP contribution in [0.4, 0.5) is 0 Å². The second-order valence-electron chi connectivity index (χ2n) is 6.80. The van der Waals surface area contributed by atoms with E-state index in [0.717, 1.165) is 51.9 Å². The van der Waals surface area contributed by atoms with Gasteiger partial charge in [-0.15, -0.1) is 24.0 Å². The summed E-state index contributed by atoms with van der Waals surface area (Å²) in [7, 11) is 1.85. The van der Waals surface area contributed by atoms with Crippen molar-refractivity contribution in [3.8, 4) is 0 Å². The number of guanidine groups is 1. The van der Waals surface area contributed by atoms with Gasteiger partial charge in [-0.05, 0) is 31.8 Å². The van der Waals surface area contributed by atoms with Gasteiger partial charge in [0, 0.05) is 46.3 Å². The minimum absolute atomic E-state index is 0. The number of rotatable bonds is 7. The molecule has 2 N–H and O–H groups in total. The summed E-state index contributed by atoms with van der Waals surface area (Å²) < 4.78 is 5.37. The second kappa shape index (κ2) is 13.1. The molecule has 7 heteroatoms. The van der Waals surface area contributed by atoms with Crippen LogP contribution in [0, 0.1) is 5.92 Å². The monoisotopic (exact) mass is 453 g/mol. The molecule has 0 amide bonds. The normalized spacial score (nSPS) is 21.8. The fraction of sp³-hybridized carbons (Fsp3) is 0.941. The van der Waals surface area contributed by atoms with E-state index in [-0.39, 0.29) is 24.0 Å².